The highest BCUT2D eigenvalue weighted by atomic mass is 32.2. The molecule has 7 rings (SSSR count). The lowest BCUT2D eigenvalue weighted by molar-refractivity contribution is -0.140. The molecule has 1 fully saturated rings. The predicted molar refractivity (Wildman–Crippen MR) is 210 cm³/mol. The minimum atomic E-state index is -4.03. The molecule has 5 heterocycles. The Bertz CT molecular complexity index is 2300. The van der Waals surface area contributed by atoms with Crippen LogP contribution in [0.3, 0.4) is 0 Å². The van der Waals surface area contributed by atoms with Crippen LogP contribution in [-0.2, 0) is 39.1 Å². The van der Waals surface area contributed by atoms with Crippen LogP contribution in [0.2, 0.25) is 0 Å². The Hall–Kier alpha value is -5.22. The van der Waals surface area contributed by atoms with Crippen molar-refractivity contribution in [2.75, 3.05) is 29.6 Å². The summed E-state index contributed by atoms with van der Waals surface area (Å²) in [5, 5.41) is 8.06. The van der Waals surface area contributed by atoms with Crippen molar-refractivity contribution in [1.82, 2.24) is 29.5 Å². The maximum atomic E-state index is 14.0. The van der Waals surface area contributed by atoms with Crippen LogP contribution in [0.4, 0.5) is 10.9 Å². The van der Waals surface area contributed by atoms with Crippen molar-refractivity contribution in [3.8, 4) is 11.1 Å². The number of thiazole rings is 1. The molecule has 2 amide bonds. The molecule has 2 N–H and O–H groups in total. The number of nitrogens with zero attached hydrogens (tertiary/aromatic N) is 6. The highest BCUT2D eigenvalue weighted by Crippen LogP contribution is 2.33. The molecule has 0 radical (unpaired) electrons. The van der Waals surface area contributed by atoms with Gasteiger partial charge in [0.1, 0.15) is 21.9 Å². The van der Waals surface area contributed by atoms with Crippen LogP contribution in [0, 0.1) is 12.8 Å². The van der Waals surface area contributed by atoms with Gasteiger partial charge in [-0.15, -0.1) is 0 Å². The van der Waals surface area contributed by atoms with E-state index in [-0.39, 0.29) is 36.2 Å². The zero-order valence-corrected chi connectivity index (χ0v) is 32.5. The number of unbranched alkanes of at least 4 members (excludes halogenated alkanes) is 2. The van der Waals surface area contributed by atoms with Crippen molar-refractivity contribution in [3.63, 3.8) is 0 Å². The molecule has 0 atom stereocenters. The first kappa shape index (κ1) is 38.1. The van der Waals surface area contributed by atoms with Crippen LogP contribution in [0.25, 0.3) is 21.5 Å². The zero-order valence-electron chi connectivity index (χ0n) is 30.9. The van der Waals surface area contributed by atoms with Gasteiger partial charge in [0.05, 0.1) is 19.1 Å². The number of pyridine rings is 2. The number of carbonyl (C=O) groups excluding carboxylic acids is 3. The van der Waals surface area contributed by atoms with Crippen molar-refractivity contribution in [3.05, 3.63) is 82.9 Å². The molecule has 14 nitrogen and oxygen atoms in total. The Morgan fingerprint density at radius 3 is 2.62 bits per heavy atom. The third-order valence-electron chi connectivity index (χ3n) is 10.4. The quantitative estimate of drug-likeness (QED) is 0.0989. The van der Waals surface area contributed by atoms with E-state index in [1.807, 2.05) is 40.8 Å². The number of carbonyl (C=O) groups is 3. The highest BCUT2D eigenvalue weighted by molar-refractivity contribution is 7.90. The van der Waals surface area contributed by atoms with Gasteiger partial charge in [0.25, 0.3) is 11.8 Å². The first-order valence-electron chi connectivity index (χ1n) is 18.6. The molecule has 16 heteroatoms. The minimum absolute atomic E-state index is 0.0310. The molecule has 0 spiro atoms. The Balaban J connectivity index is 1.14. The Morgan fingerprint density at radius 2 is 1.82 bits per heavy atom. The number of anilines is 2. The molecular weight excluding hydrogens is 741 g/mol. The monoisotopic (exact) mass is 784 g/mol. The first-order chi connectivity index (χ1) is 26.6. The molecule has 4 aromatic heterocycles. The predicted octanol–water partition coefficient (Wildman–Crippen LogP) is 6.06. The molecule has 5 aromatic rings. The summed E-state index contributed by atoms with van der Waals surface area (Å²) in [6.07, 6.45) is 10.2. The molecule has 55 heavy (non-hydrogen) atoms. The largest absolute Gasteiger partial charge is 0.469 e. The molecule has 1 aliphatic heterocycles. The number of methoxy groups -OCH3 is 1. The summed E-state index contributed by atoms with van der Waals surface area (Å²) in [4.78, 5) is 55.4. The standard InChI is InChI=1S/C39H44N8O6S2/c1-25-30(22-41-47(25)23-26-10-5-6-11-26)28-16-17-33(43-35(28)37(50)45-55(51,52)21-7-3-4-15-34(48)53-2)46-20-18-27-12-8-13-29(31(27)24-46)36(49)44-39-42-32-14-9-19-40-38(32)54-39/h8-9,12-14,16-17,19,22,26H,3-7,10-11,15,18,20-21,23-24H2,1-2H3,(H,45,50)(H,42,44,49). The van der Waals surface area contributed by atoms with Gasteiger partial charge in [-0.2, -0.15) is 5.10 Å². The van der Waals surface area contributed by atoms with E-state index in [4.69, 9.17) is 4.98 Å². The van der Waals surface area contributed by atoms with Gasteiger partial charge < -0.3 is 9.64 Å². The molecule has 1 aromatic carbocycles. The number of amides is 2. The van der Waals surface area contributed by atoms with Gasteiger partial charge >= 0.3 is 5.97 Å². The Morgan fingerprint density at radius 1 is 0.982 bits per heavy atom. The second-order valence-corrected chi connectivity index (χ2v) is 16.9. The number of sulfonamides is 1. The van der Waals surface area contributed by atoms with E-state index in [9.17, 15) is 22.8 Å². The fraction of sp³-hybridized carbons (Fsp3) is 0.410. The molecule has 1 saturated carbocycles. The molecule has 288 valence electrons. The Labute approximate surface area is 323 Å². The number of hydrogen-bond donors (Lipinski definition) is 2. The topological polar surface area (TPSA) is 178 Å². The second kappa shape index (κ2) is 16.7. The number of fused-ring (bicyclic) bond motifs is 2. The van der Waals surface area contributed by atoms with Gasteiger partial charge in [0.15, 0.2) is 5.13 Å². The van der Waals surface area contributed by atoms with E-state index < -0.39 is 15.9 Å². The number of benzene rings is 1. The number of nitrogens with one attached hydrogen (secondary N) is 2. The van der Waals surface area contributed by atoms with E-state index in [0.29, 0.717) is 71.4 Å². The van der Waals surface area contributed by atoms with Crippen molar-refractivity contribution < 1.29 is 27.5 Å². The van der Waals surface area contributed by atoms with Crippen LogP contribution < -0.4 is 14.9 Å². The first-order valence-corrected chi connectivity index (χ1v) is 21.1. The number of hydrogen-bond acceptors (Lipinski definition) is 12. The lowest BCUT2D eigenvalue weighted by Gasteiger charge is -2.31. The maximum absolute atomic E-state index is 14.0. The third kappa shape index (κ3) is 8.86. The van der Waals surface area contributed by atoms with Gasteiger partial charge in [-0.1, -0.05) is 42.7 Å². The molecule has 1 aliphatic carbocycles. The normalized spacial score (nSPS) is 14.5. The van der Waals surface area contributed by atoms with E-state index in [1.54, 1.807) is 30.6 Å². The number of aromatic nitrogens is 5. The lowest BCUT2D eigenvalue weighted by atomic mass is 9.94. The Kier molecular flexibility index (Phi) is 11.5. The van der Waals surface area contributed by atoms with E-state index >= 15 is 0 Å². The third-order valence-corrected chi connectivity index (χ3v) is 12.6. The maximum Gasteiger partial charge on any atom is 0.305 e. The van der Waals surface area contributed by atoms with Gasteiger partial charge in [0, 0.05) is 54.6 Å². The van der Waals surface area contributed by atoms with Gasteiger partial charge in [-0.3, -0.25) is 24.4 Å². The van der Waals surface area contributed by atoms with E-state index in [1.165, 1.54) is 31.3 Å². The minimum Gasteiger partial charge on any atom is -0.469 e. The van der Waals surface area contributed by atoms with Crippen LogP contribution >= 0.6 is 11.3 Å². The average molecular weight is 785 g/mol. The highest BCUT2D eigenvalue weighted by Gasteiger charge is 2.28. The van der Waals surface area contributed by atoms with Gasteiger partial charge in [-0.25, -0.2) is 28.1 Å². The molecule has 0 unspecified atom stereocenters. The van der Waals surface area contributed by atoms with E-state index in [0.717, 1.165) is 41.0 Å². The summed E-state index contributed by atoms with van der Waals surface area (Å²) in [6.45, 7) is 3.65. The smallest absolute Gasteiger partial charge is 0.305 e. The van der Waals surface area contributed by atoms with E-state index in [2.05, 4.69) is 29.8 Å². The van der Waals surface area contributed by atoms with Gasteiger partial charge in [-0.05, 0) is 86.4 Å². The van der Waals surface area contributed by atoms with Crippen LogP contribution in [0.5, 0.6) is 0 Å². The second-order valence-electron chi connectivity index (χ2n) is 14.1. The molecular formula is C39H44N8O6S2. The number of esters is 1. The summed E-state index contributed by atoms with van der Waals surface area (Å²) in [6, 6.07) is 12.9. The van der Waals surface area contributed by atoms with Crippen LogP contribution in [-0.4, -0.2) is 70.3 Å². The summed E-state index contributed by atoms with van der Waals surface area (Å²) < 4.78 is 35.2. The fourth-order valence-corrected chi connectivity index (χ4v) is 9.27. The van der Waals surface area contributed by atoms with Crippen molar-refractivity contribution >= 4 is 60.4 Å². The number of rotatable bonds is 14. The molecule has 0 bridgehead atoms. The lowest BCUT2D eigenvalue weighted by Crippen LogP contribution is -2.35. The summed E-state index contributed by atoms with van der Waals surface area (Å²) in [7, 11) is -2.71. The van der Waals surface area contributed by atoms with Crippen LogP contribution in [0.15, 0.2) is 54.9 Å². The van der Waals surface area contributed by atoms with Crippen molar-refractivity contribution in [1.29, 1.82) is 0 Å². The van der Waals surface area contributed by atoms with Crippen molar-refractivity contribution in [2.45, 2.75) is 77.8 Å². The SMILES string of the molecule is COC(=O)CCCCCS(=O)(=O)NC(=O)c1nc(N2CCc3cccc(C(=O)Nc4nc5cccnc5s4)c3C2)ccc1-c1cnn(CC2CCCC2)c1C. The van der Waals surface area contributed by atoms with Crippen LogP contribution in [0.1, 0.15) is 89.0 Å². The summed E-state index contributed by atoms with van der Waals surface area (Å²) in [5.41, 5.74) is 5.11. The molecule has 0 saturated heterocycles. The zero-order chi connectivity index (χ0) is 38.5. The fourth-order valence-electron chi connectivity index (χ4n) is 7.41. The number of ether oxygens (including phenoxy) is 1. The average Bonchev–Trinajstić information content (AvgIpc) is 3.94. The van der Waals surface area contributed by atoms with Gasteiger partial charge in [0.2, 0.25) is 10.0 Å². The summed E-state index contributed by atoms with van der Waals surface area (Å²) in [5.74, 6) is -0.744. The van der Waals surface area contributed by atoms with Crippen molar-refractivity contribution in [2.24, 2.45) is 5.92 Å². The molecule has 2 aliphatic rings. The summed E-state index contributed by atoms with van der Waals surface area (Å²) >= 11 is 1.30.